The number of benzene rings is 1. The third-order valence-corrected chi connectivity index (χ3v) is 4.23. The Hall–Kier alpha value is -2.68. The Labute approximate surface area is 135 Å². The Bertz CT molecular complexity index is 676. The van der Waals surface area contributed by atoms with Gasteiger partial charge in [0.2, 0.25) is 0 Å². The summed E-state index contributed by atoms with van der Waals surface area (Å²) < 4.78 is 0. The normalized spacial score (nSPS) is 21.3. The molecule has 1 aromatic carbocycles. The van der Waals surface area contributed by atoms with Gasteiger partial charge >= 0.3 is 0 Å². The number of nitrogens with zero attached hydrogens (tertiary/aromatic N) is 2. The van der Waals surface area contributed by atoms with Gasteiger partial charge in [-0.2, -0.15) is 5.26 Å². The first-order chi connectivity index (χ1) is 11.0. The molecule has 6 heteroatoms. The SMILES string of the molecule is C[C@@H]1CCCC[C@@H]1NC(=O)/C(C#N)=C/c1ccccc1[N+](=O)[O-]. The smallest absolute Gasteiger partial charge is 0.276 e. The second kappa shape index (κ2) is 7.54. The summed E-state index contributed by atoms with van der Waals surface area (Å²) in [6.45, 7) is 2.09. The maximum absolute atomic E-state index is 12.3. The van der Waals surface area contributed by atoms with Crippen LogP contribution in [0.2, 0.25) is 0 Å². The van der Waals surface area contributed by atoms with E-state index >= 15 is 0 Å². The number of amides is 1. The van der Waals surface area contributed by atoms with Gasteiger partial charge in [-0.15, -0.1) is 0 Å². The summed E-state index contributed by atoms with van der Waals surface area (Å²) in [6.07, 6.45) is 5.45. The largest absolute Gasteiger partial charge is 0.348 e. The lowest BCUT2D eigenvalue weighted by atomic mass is 9.86. The molecule has 0 unspecified atom stereocenters. The van der Waals surface area contributed by atoms with Crippen LogP contribution in [0.15, 0.2) is 29.8 Å². The number of nitro groups is 1. The van der Waals surface area contributed by atoms with Crippen molar-refractivity contribution in [3.8, 4) is 6.07 Å². The fourth-order valence-electron chi connectivity index (χ4n) is 2.86. The van der Waals surface area contributed by atoms with Crippen molar-refractivity contribution >= 4 is 17.7 Å². The van der Waals surface area contributed by atoms with Gasteiger partial charge < -0.3 is 5.32 Å². The minimum atomic E-state index is -0.526. The zero-order chi connectivity index (χ0) is 16.8. The highest BCUT2D eigenvalue weighted by atomic mass is 16.6. The van der Waals surface area contributed by atoms with Crippen LogP contribution in [0.25, 0.3) is 6.08 Å². The molecule has 0 heterocycles. The third kappa shape index (κ3) is 4.16. The van der Waals surface area contributed by atoms with Crippen molar-refractivity contribution in [3.05, 3.63) is 45.5 Å². The zero-order valence-corrected chi connectivity index (χ0v) is 13.0. The number of hydrogen-bond acceptors (Lipinski definition) is 4. The molecule has 1 amide bonds. The van der Waals surface area contributed by atoms with Gasteiger partial charge in [0.05, 0.1) is 10.5 Å². The van der Waals surface area contributed by atoms with Crippen molar-refractivity contribution in [2.45, 2.75) is 38.6 Å². The first kappa shape index (κ1) is 16.7. The number of nitrogens with one attached hydrogen (secondary N) is 1. The average molecular weight is 313 g/mol. The maximum atomic E-state index is 12.3. The molecular formula is C17H19N3O3. The monoisotopic (exact) mass is 313 g/mol. The summed E-state index contributed by atoms with van der Waals surface area (Å²) in [6, 6.07) is 7.95. The van der Waals surface area contributed by atoms with Crippen molar-refractivity contribution in [2.75, 3.05) is 0 Å². The number of carbonyl (C=O) groups is 1. The molecule has 0 aromatic heterocycles. The summed E-state index contributed by atoms with van der Waals surface area (Å²) in [7, 11) is 0. The first-order valence-electron chi connectivity index (χ1n) is 7.69. The molecule has 120 valence electrons. The molecule has 1 aromatic rings. The van der Waals surface area contributed by atoms with Gasteiger partial charge in [-0.3, -0.25) is 14.9 Å². The Morgan fingerprint density at radius 2 is 2.09 bits per heavy atom. The van der Waals surface area contributed by atoms with Gasteiger partial charge in [0, 0.05) is 12.1 Å². The van der Waals surface area contributed by atoms with Crippen LogP contribution in [0.4, 0.5) is 5.69 Å². The summed E-state index contributed by atoms with van der Waals surface area (Å²) in [5, 5.41) is 23.1. The Morgan fingerprint density at radius 1 is 1.39 bits per heavy atom. The molecular weight excluding hydrogens is 294 g/mol. The van der Waals surface area contributed by atoms with Crippen LogP contribution in [0.1, 0.15) is 38.2 Å². The first-order valence-corrected chi connectivity index (χ1v) is 7.69. The fourth-order valence-corrected chi connectivity index (χ4v) is 2.86. The quantitative estimate of drug-likeness (QED) is 0.399. The molecule has 1 aliphatic carbocycles. The molecule has 1 aliphatic rings. The van der Waals surface area contributed by atoms with E-state index in [0.717, 1.165) is 25.7 Å². The zero-order valence-electron chi connectivity index (χ0n) is 13.0. The van der Waals surface area contributed by atoms with Gasteiger partial charge in [-0.1, -0.05) is 31.9 Å². The van der Waals surface area contributed by atoms with E-state index in [9.17, 15) is 20.2 Å². The Balaban J connectivity index is 2.20. The molecule has 23 heavy (non-hydrogen) atoms. The summed E-state index contributed by atoms with van der Waals surface area (Å²) >= 11 is 0. The second-order valence-electron chi connectivity index (χ2n) is 5.83. The fraction of sp³-hybridized carbons (Fsp3) is 0.412. The topological polar surface area (TPSA) is 96.0 Å². The van der Waals surface area contributed by atoms with E-state index in [-0.39, 0.29) is 22.9 Å². The maximum Gasteiger partial charge on any atom is 0.276 e. The predicted octanol–water partition coefficient (Wildman–Crippen LogP) is 3.20. The van der Waals surface area contributed by atoms with Gasteiger partial charge in [-0.25, -0.2) is 0 Å². The standard InChI is InChI=1S/C17H19N3O3/c1-12-6-2-4-8-15(12)19-17(21)14(11-18)10-13-7-3-5-9-16(13)20(22)23/h3,5,7,9-10,12,15H,2,4,6,8H2,1H3,(H,19,21)/b14-10+/t12-,15+/m1/s1. The molecule has 1 N–H and O–H groups in total. The van der Waals surface area contributed by atoms with E-state index in [4.69, 9.17) is 0 Å². The molecule has 2 rings (SSSR count). The Morgan fingerprint density at radius 3 is 2.74 bits per heavy atom. The lowest BCUT2D eigenvalue weighted by Gasteiger charge is -2.29. The highest BCUT2D eigenvalue weighted by Gasteiger charge is 2.24. The van der Waals surface area contributed by atoms with Crippen molar-refractivity contribution in [3.63, 3.8) is 0 Å². The predicted molar refractivity (Wildman–Crippen MR) is 86.2 cm³/mol. The van der Waals surface area contributed by atoms with E-state index in [0.29, 0.717) is 5.92 Å². The van der Waals surface area contributed by atoms with Crippen LogP contribution >= 0.6 is 0 Å². The van der Waals surface area contributed by atoms with E-state index in [1.807, 2.05) is 6.07 Å². The molecule has 0 bridgehead atoms. The van der Waals surface area contributed by atoms with Crippen LogP contribution in [0.5, 0.6) is 0 Å². The molecule has 6 nitrogen and oxygen atoms in total. The minimum absolute atomic E-state index is 0.0544. The molecule has 0 aliphatic heterocycles. The molecule has 2 atom stereocenters. The van der Waals surface area contributed by atoms with E-state index in [2.05, 4.69) is 12.2 Å². The lowest BCUT2D eigenvalue weighted by molar-refractivity contribution is -0.385. The van der Waals surface area contributed by atoms with Crippen LogP contribution in [-0.2, 0) is 4.79 Å². The van der Waals surface area contributed by atoms with Crippen molar-refractivity contribution < 1.29 is 9.72 Å². The number of nitriles is 1. The van der Waals surface area contributed by atoms with Crippen LogP contribution in [0, 0.1) is 27.4 Å². The summed E-state index contributed by atoms with van der Waals surface area (Å²) in [5.74, 6) is -0.0943. The number of para-hydroxylation sites is 1. The van der Waals surface area contributed by atoms with Gasteiger partial charge in [-0.05, 0) is 30.9 Å². The summed E-state index contributed by atoms with van der Waals surface area (Å²) in [4.78, 5) is 22.8. The van der Waals surface area contributed by atoms with Crippen LogP contribution in [0.3, 0.4) is 0 Å². The number of carbonyl (C=O) groups excluding carboxylic acids is 1. The minimum Gasteiger partial charge on any atom is -0.348 e. The van der Waals surface area contributed by atoms with Crippen molar-refractivity contribution in [2.24, 2.45) is 5.92 Å². The average Bonchev–Trinajstić information content (AvgIpc) is 2.54. The Kier molecular flexibility index (Phi) is 5.47. The molecule has 1 fully saturated rings. The van der Waals surface area contributed by atoms with E-state index in [1.54, 1.807) is 12.1 Å². The highest BCUT2D eigenvalue weighted by Crippen LogP contribution is 2.24. The van der Waals surface area contributed by atoms with E-state index < -0.39 is 10.8 Å². The van der Waals surface area contributed by atoms with Crippen LogP contribution < -0.4 is 5.32 Å². The number of nitro benzene ring substituents is 1. The lowest BCUT2D eigenvalue weighted by Crippen LogP contribution is -2.41. The van der Waals surface area contributed by atoms with Gasteiger partial charge in [0.1, 0.15) is 11.6 Å². The number of rotatable bonds is 4. The third-order valence-electron chi connectivity index (χ3n) is 4.23. The van der Waals surface area contributed by atoms with E-state index in [1.165, 1.54) is 18.2 Å². The van der Waals surface area contributed by atoms with Crippen molar-refractivity contribution in [1.82, 2.24) is 5.32 Å². The number of hydrogen-bond donors (Lipinski definition) is 1. The van der Waals surface area contributed by atoms with Gasteiger partial charge in [0.15, 0.2) is 0 Å². The molecule has 0 radical (unpaired) electrons. The molecule has 0 spiro atoms. The van der Waals surface area contributed by atoms with Gasteiger partial charge in [0.25, 0.3) is 11.6 Å². The second-order valence-corrected chi connectivity index (χ2v) is 5.83. The summed E-state index contributed by atoms with van der Waals surface area (Å²) in [5.41, 5.74) is 0.0112. The highest BCUT2D eigenvalue weighted by molar-refractivity contribution is 6.02. The van der Waals surface area contributed by atoms with Crippen molar-refractivity contribution in [1.29, 1.82) is 5.26 Å². The molecule has 0 saturated heterocycles. The molecule has 1 saturated carbocycles. The van der Waals surface area contributed by atoms with Crippen LogP contribution in [-0.4, -0.2) is 16.9 Å².